The van der Waals surface area contributed by atoms with Crippen LogP contribution >= 0.6 is 11.3 Å². The van der Waals surface area contributed by atoms with Gasteiger partial charge in [-0.15, -0.1) is 11.3 Å². The summed E-state index contributed by atoms with van der Waals surface area (Å²) in [6.45, 7) is 4.05. The van der Waals surface area contributed by atoms with E-state index in [9.17, 15) is 0 Å². The van der Waals surface area contributed by atoms with Crippen molar-refractivity contribution in [1.29, 1.82) is 0 Å². The summed E-state index contributed by atoms with van der Waals surface area (Å²) in [7, 11) is 1.91. The van der Waals surface area contributed by atoms with E-state index < -0.39 is 0 Å². The van der Waals surface area contributed by atoms with Gasteiger partial charge in [-0.05, 0) is 33.0 Å². The minimum atomic E-state index is 0.297. The first-order valence-corrected chi connectivity index (χ1v) is 7.50. The number of aromatic nitrogens is 3. The van der Waals surface area contributed by atoms with E-state index in [0.717, 1.165) is 21.3 Å². The summed E-state index contributed by atoms with van der Waals surface area (Å²) >= 11 is 1.55. The molecule has 1 atom stereocenters. The van der Waals surface area contributed by atoms with Crippen molar-refractivity contribution in [2.75, 3.05) is 7.05 Å². The fourth-order valence-corrected chi connectivity index (χ4v) is 2.78. The van der Waals surface area contributed by atoms with E-state index in [1.165, 1.54) is 0 Å². The number of furan rings is 1. The van der Waals surface area contributed by atoms with Crippen molar-refractivity contribution in [2.24, 2.45) is 0 Å². The number of hydrogen-bond donors (Lipinski definition) is 1. The molecule has 7 heteroatoms. The molecule has 0 saturated heterocycles. The second-order valence-corrected chi connectivity index (χ2v) is 6.01. The summed E-state index contributed by atoms with van der Waals surface area (Å²) in [4.78, 5) is 9.99. The molecule has 0 radical (unpaired) electrons. The minimum Gasteiger partial charge on any atom is -0.462 e. The molecule has 0 fully saturated rings. The van der Waals surface area contributed by atoms with Crippen molar-refractivity contribution in [1.82, 2.24) is 20.4 Å². The molecule has 0 aliphatic rings. The number of hydrogen-bond acceptors (Lipinski definition) is 7. The first kappa shape index (κ1) is 14.0. The lowest BCUT2D eigenvalue weighted by Crippen LogP contribution is -2.24. The zero-order chi connectivity index (χ0) is 14.8. The van der Waals surface area contributed by atoms with Gasteiger partial charge in [-0.3, -0.25) is 0 Å². The Hall–Kier alpha value is -1.99. The van der Waals surface area contributed by atoms with Gasteiger partial charge in [-0.25, -0.2) is 4.98 Å². The third kappa shape index (κ3) is 2.88. The van der Waals surface area contributed by atoms with Gasteiger partial charge in [0.1, 0.15) is 5.69 Å². The Balaban J connectivity index is 1.87. The van der Waals surface area contributed by atoms with Gasteiger partial charge < -0.3 is 14.3 Å². The van der Waals surface area contributed by atoms with Gasteiger partial charge in [0.05, 0.1) is 6.26 Å². The van der Waals surface area contributed by atoms with Gasteiger partial charge in [0.15, 0.2) is 16.6 Å². The second kappa shape index (κ2) is 5.79. The molecule has 0 bridgehead atoms. The molecule has 0 saturated carbocycles. The molecular weight excluding hydrogens is 288 g/mol. The molecule has 3 heterocycles. The van der Waals surface area contributed by atoms with Gasteiger partial charge >= 0.3 is 0 Å². The summed E-state index contributed by atoms with van der Waals surface area (Å²) < 4.78 is 10.7. The lowest BCUT2D eigenvalue weighted by molar-refractivity contribution is 0.417. The molecule has 0 aliphatic heterocycles. The van der Waals surface area contributed by atoms with Crippen molar-refractivity contribution in [3.05, 3.63) is 29.1 Å². The fraction of sp³-hybridized carbons (Fsp3) is 0.357. The largest absolute Gasteiger partial charge is 0.462 e. The lowest BCUT2D eigenvalue weighted by atomic mass is 10.2. The maximum atomic E-state index is 5.37. The summed E-state index contributed by atoms with van der Waals surface area (Å²) in [6.07, 6.45) is 2.35. The van der Waals surface area contributed by atoms with E-state index in [1.54, 1.807) is 17.6 Å². The smallest absolute Gasteiger partial charge is 0.277 e. The molecule has 3 aromatic heterocycles. The van der Waals surface area contributed by atoms with Gasteiger partial charge in [-0.1, -0.05) is 5.16 Å². The Labute approximate surface area is 126 Å². The van der Waals surface area contributed by atoms with Crippen LogP contribution in [0.5, 0.6) is 0 Å². The Morgan fingerprint density at radius 3 is 2.95 bits per heavy atom. The van der Waals surface area contributed by atoms with Crippen LogP contribution in [-0.2, 0) is 6.42 Å². The molecule has 110 valence electrons. The molecule has 0 spiro atoms. The van der Waals surface area contributed by atoms with Crippen LogP contribution in [0.2, 0.25) is 0 Å². The van der Waals surface area contributed by atoms with Crippen molar-refractivity contribution >= 4 is 11.3 Å². The first-order valence-electron chi connectivity index (χ1n) is 6.69. The SMILES string of the molecule is CNC(C)Cc1noc(-c2nc(-c3ccco3)sc2C)n1. The number of nitrogens with one attached hydrogen (secondary N) is 1. The molecule has 6 nitrogen and oxygen atoms in total. The molecule has 1 N–H and O–H groups in total. The van der Waals surface area contributed by atoms with E-state index in [0.29, 0.717) is 24.2 Å². The number of likely N-dealkylation sites (N-methyl/N-ethyl adjacent to an activating group) is 1. The van der Waals surface area contributed by atoms with Crippen LogP contribution in [0.3, 0.4) is 0 Å². The maximum Gasteiger partial charge on any atom is 0.277 e. The summed E-state index contributed by atoms with van der Waals surface area (Å²) in [5.41, 5.74) is 0.724. The molecule has 0 aliphatic carbocycles. The molecule has 1 unspecified atom stereocenters. The number of rotatable bonds is 5. The minimum absolute atomic E-state index is 0.297. The highest BCUT2D eigenvalue weighted by atomic mass is 32.1. The molecule has 21 heavy (non-hydrogen) atoms. The Morgan fingerprint density at radius 1 is 1.38 bits per heavy atom. The van der Waals surface area contributed by atoms with Crippen molar-refractivity contribution in [3.63, 3.8) is 0 Å². The van der Waals surface area contributed by atoms with Crippen LogP contribution in [0.15, 0.2) is 27.3 Å². The van der Waals surface area contributed by atoms with Gasteiger partial charge in [-0.2, -0.15) is 4.98 Å². The maximum absolute atomic E-state index is 5.37. The van der Waals surface area contributed by atoms with E-state index in [4.69, 9.17) is 8.94 Å². The number of thiazole rings is 1. The number of nitrogens with zero attached hydrogens (tertiary/aromatic N) is 3. The van der Waals surface area contributed by atoms with E-state index in [-0.39, 0.29) is 0 Å². The summed E-state index contributed by atoms with van der Waals surface area (Å²) in [6, 6.07) is 4.02. The summed E-state index contributed by atoms with van der Waals surface area (Å²) in [5.74, 6) is 1.89. The van der Waals surface area contributed by atoms with Gasteiger partial charge in [0.2, 0.25) is 0 Å². The predicted octanol–water partition coefficient (Wildman–Crippen LogP) is 2.91. The fourth-order valence-electron chi connectivity index (χ4n) is 1.91. The first-order chi connectivity index (χ1) is 10.2. The Morgan fingerprint density at radius 2 is 2.24 bits per heavy atom. The average Bonchev–Trinajstić information content (AvgIpc) is 3.18. The zero-order valence-electron chi connectivity index (χ0n) is 12.1. The Bertz CT molecular complexity index is 717. The lowest BCUT2D eigenvalue weighted by Gasteiger charge is -2.04. The zero-order valence-corrected chi connectivity index (χ0v) is 12.9. The quantitative estimate of drug-likeness (QED) is 0.781. The third-order valence-electron chi connectivity index (χ3n) is 3.18. The Kier molecular flexibility index (Phi) is 3.85. The highest BCUT2D eigenvalue weighted by molar-refractivity contribution is 7.15. The highest BCUT2D eigenvalue weighted by Gasteiger charge is 2.18. The van der Waals surface area contributed by atoms with Crippen LogP contribution in [-0.4, -0.2) is 28.2 Å². The van der Waals surface area contributed by atoms with Gasteiger partial charge in [0, 0.05) is 17.3 Å². The predicted molar refractivity (Wildman–Crippen MR) is 80.1 cm³/mol. The van der Waals surface area contributed by atoms with E-state index in [2.05, 4.69) is 27.4 Å². The molecule has 3 aromatic rings. The van der Waals surface area contributed by atoms with Crippen molar-refractivity contribution in [2.45, 2.75) is 26.3 Å². The van der Waals surface area contributed by atoms with Crippen molar-refractivity contribution < 1.29 is 8.94 Å². The monoisotopic (exact) mass is 304 g/mol. The average molecular weight is 304 g/mol. The third-order valence-corrected chi connectivity index (χ3v) is 4.17. The van der Waals surface area contributed by atoms with Crippen LogP contribution in [0.1, 0.15) is 17.6 Å². The molecule has 0 aromatic carbocycles. The normalized spacial score (nSPS) is 12.7. The van der Waals surface area contributed by atoms with Crippen LogP contribution in [0.25, 0.3) is 22.4 Å². The van der Waals surface area contributed by atoms with E-state index >= 15 is 0 Å². The topological polar surface area (TPSA) is 77.0 Å². The number of aryl methyl sites for hydroxylation is 1. The highest BCUT2D eigenvalue weighted by Crippen LogP contribution is 2.32. The van der Waals surface area contributed by atoms with Gasteiger partial charge in [0.25, 0.3) is 5.89 Å². The summed E-state index contributed by atoms with van der Waals surface area (Å²) in [5, 5.41) is 7.97. The molecule has 3 rings (SSSR count). The van der Waals surface area contributed by atoms with Crippen molar-refractivity contribution in [3.8, 4) is 22.4 Å². The van der Waals surface area contributed by atoms with Crippen LogP contribution in [0, 0.1) is 6.92 Å². The second-order valence-electron chi connectivity index (χ2n) is 4.81. The molecular formula is C14H16N4O2S. The standard InChI is InChI=1S/C14H16N4O2S/c1-8(15-3)7-11-16-13(20-18-11)12-9(2)21-14(17-12)10-5-4-6-19-10/h4-6,8,15H,7H2,1-3H3. The van der Waals surface area contributed by atoms with Crippen LogP contribution in [0.4, 0.5) is 0 Å². The van der Waals surface area contributed by atoms with Crippen LogP contribution < -0.4 is 5.32 Å². The van der Waals surface area contributed by atoms with E-state index in [1.807, 2.05) is 26.1 Å². The molecule has 0 amide bonds.